The van der Waals surface area contributed by atoms with E-state index >= 15 is 0 Å². The fraction of sp³-hybridized carbons (Fsp3) is 0.200. The van der Waals surface area contributed by atoms with E-state index < -0.39 is 30.4 Å². The van der Waals surface area contributed by atoms with Gasteiger partial charge < -0.3 is 10.8 Å². The third-order valence-electron chi connectivity index (χ3n) is 2.46. The smallest absolute Gasteiger partial charge is 0.263 e. The second-order valence-corrected chi connectivity index (χ2v) is 3.56. The average molecular weight is 235 g/mol. The molecule has 0 saturated heterocycles. The minimum absolute atomic E-state index is 0.161. The molecule has 0 spiro atoms. The second kappa shape index (κ2) is 3.95. The normalized spacial score (nSPS) is 15.9. The van der Waals surface area contributed by atoms with Gasteiger partial charge in [0.2, 0.25) is 5.91 Å². The highest BCUT2D eigenvalue weighted by atomic mass is 16.3. The number of amides is 3. The zero-order valence-corrected chi connectivity index (χ0v) is 8.66. The Morgan fingerprint density at radius 1 is 1.41 bits per heavy atom. The van der Waals surface area contributed by atoms with Crippen LogP contribution in [0, 0.1) is 0 Å². The Bertz CT molecular complexity index is 479. The molecule has 7 heteroatoms. The van der Waals surface area contributed by atoms with Gasteiger partial charge in [-0.2, -0.15) is 0 Å². The van der Waals surface area contributed by atoms with Crippen molar-refractivity contribution < 1.29 is 19.5 Å². The van der Waals surface area contributed by atoms with Crippen LogP contribution in [0.2, 0.25) is 0 Å². The zero-order valence-electron chi connectivity index (χ0n) is 8.66. The Morgan fingerprint density at radius 2 is 2.06 bits per heavy atom. The van der Waals surface area contributed by atoms with Gasteiger partial charge in [-0.25, -0.2) is 0 Å². The van der Waals surface area contributed by atoms with Crippen molar-refractivity contribution in [2.45, 2.75) is 6.10 Å². The highest BCUT2D eigenvalue weighted by Crippen LogP contribution is 2.21. The molecule has 1 aromatic heterocycles. The fourth-order valence-corrected chi connectivity index (χ4v) is 1.56. The number of nitrogens with two attached hydrogens (primary N) is 1. The maximum absolute atomic E-state index is 11.8. The Hall–Kier alpha value is -2.28. The lowest BCUT2D eigenvalue weighted by molar-refractivity contribution is -0.126. The van der Waals surface area contributed by atoms with Crippen molar-refractivity contribution in [2.24, 2.45) is 5.73 Å². The number of carbonyl (C=O) groups is 3. The van der Waals surface area contributed by atoms with E-state index in [9.17, 15) is 19.5 Å². The largest absolute Gasteiger partial charge is 0.381 e. The van der Waals surface area contributed by atoms with E-state index in [-0.39, 0.29) is 11.1 Å². The number of fused-ring (bicyclic) bond motifs is 1. The van der Waals surface area contributed by atoms with E-state index in [1.54, 1.807) is 0 Å². The number of β-amino-alcohol motifs (C(OH)–C–C–N with tert-alkyl or cyclic N) is 1. The Morgan fingerprint density at radius 3 is 2.65 bits per heavy atom. The SMILES string of the molecule is NC(=O)C(O)CN1C(=O)c2ccncc2C1=O. The Labute approximate surface area is 95.8 Å². The summed E-state index contributed by atoms with van der Waals surface area (Å²) in [5.74, 6) is -2.13. The van der Waals surface area contributed by atoms with Crippen LogP contribution in [0.15, 0.2) is 18.5 Å². The number of pyridine rings is 1. The molecule has 2 heterocycles. The van der Waals surface area contributed by atoms with Crippen molar-refractivity contribution in [2.75, 3.05) is 6.54 Å². The number of aliphatic hydroxyl groups excluding tert-OH is 1. The number of aliphatic hydroxyl groups is 1. The first-order chi connectivity index (χ1) is 8.02. The molecule has 0 saturated carbocycles. The molecule has 3 amide bonds. The van der Waals surface area contributed by atoms with E-state index in [1.165, 1.54) is 18.5 Å². The minimum Gasteiger partial charge on any atom is -0.381 e. The number of hydrogen-bond acceptors (Lipinski definition) is 5. The number of aromatic nitrogens is 1. The maximum Gasteiger partial charge on any atom is 0.263 e. The van der Waals surface area contributed by atoms with E-state index in [2.05, 4.69) is 4.98 Å². The lowest BCUT2D eigenvalue weighted by Crippen LogP contribution is -2.42. The third kappa shape index (κ3) is 1.76. The van der Waals surface area contributed by atoms with Crippen LogP contribution in [0.25, 0.3) is 0 Å². The van der Waals surface area contributed by atoms with Crippen molar-refractivity contribution in [3.05, 3.63) is 29.6 Å². The summed E-state index contributed by atoms with van der Waals surface area (Å²) in [6, 6.07) is 1.41. The number of imide groups is 1. The molecule has 1 atom stereocenters. The van der Waals surface area contributed by atoms with Crippen LogP contribution in [-0.2, 0) is 4.79 Å². The molecule has 1 aliphatic heterocycles. The molecular formula is C10H9N3O4. The standard InChI is InChI=1S/C10H9N3O4/c11-8(15)7(14)4-13-9(16)5-1-2-12-3-6(5)10(13)17/h1-3,7,14H,4H2,(H2,11,15). The number of rotatable bonds is 3. The summed E-state index contributed by atoms with van der Waals surface area (Å²) < 4.78 is 0. The van der Waals surface area contributed by atoms with Gasteiger partial charge in [-0.3, -0.25) is 24.3 Å². The Kier molecular flexibility index (Phi) is 2.60. The van der Waals surface area contributed by atoms with Crippen LogP contribution >= 0.6 is 0 Å². The van der Waals surface area contributed by atoms with E-state index in [0.717, 1.165) is 4.90 Å². The average Bonchev–Trinajstić information content (AvgIpc) is 2.55. The zero-order chi connectivity index (χ0) is 12.6. The van der Waals surface area contributed by atoms with E-state index in [0.29, 0.717) is 0 Å². The fourth-order valence-electron chi connectivity index (χ4n) is 1.56. The molecule has 1 aliphatic rings. The number of hydrogen-bond donors (Lipinski definition) is 2. The topological polar surface area (TPSA) is 114 Å². The lowest BCUT2D eigenvalue weighted by atomic mass is 10.2. The molecule has 2 rings (SSSR count). The number of nitrogens with zero attached hydrogens (tertiary/aromatic N) is 2. The first-order valence-corrected chi connectivity index (χ1v) is 4.80. The summed E-state index contributed by atoms with van der Waals surface area (Å²) in [5, 5.41) is 9.27. The predicted octanol–water partition coefficient (Wildman–Crippen LogP) is -1.48. The summed E-state index contributed by atoms with van der Waals surface area (Å²) in [4.78, 5) is 38.7. The summed E-state index contributed by atoms with van der Waals surface area (Å²) in [7, 11) is 0. The van der Waals surface area contributed by atoms with Crippen LogP contribution in [0.3, 0.4) is 0 Å². The van der Waals surface area contributed by atoms with Crippen LogP contribution < -0.4 is 5.73 Å². The number of primary amides is 1. The maximum atomic E-state index is 11.8. The van der Waals surface area contributed by atoms with E-state index in [1.807, 2.05) is 0 Å². The van der Waals surface area contributed by atoms with Crippen molar-refractivity contribution in [1.82, 2.24) is 9.88 Å². The van der Waals surface area contributed by atoms with Gasteiger partial charge in [0.25, 0.3) is 11.8 Å². The second-order valence-electron chi connectivity index (χ2n) is 3.56. The monoisotopic (exact) mass is 235 g/mol. The van der Waals surface area contributed by atoms with Crippen LogP contribution in [0.5, 0.6) is 0 Å². The van der Waals surface area contributed by atoms with E-state index in [4.69, 9.17) is 5.73 Å². The summed E-state index contributed by atoms with van der Waals surface area (Å²) in [5.41, 5.74) is 5.23. The minimum atomic E-state index is -1.56. The van der Waals surface area contributed by atoms with Gasteiger partial charge >= 0.3 is 0 Å². The van der Waals surface area contributed by atoms with Crippen molar-refractivity contribution in [1.29, 1.82) is 0 Å². The van der Waals surface area contributed by atoms with Gasteiger partial charge in [0.1, 0.15) is 0 Å². The highest BCUT2D eigenvalue weighted by molar-refractivity contribution is 6.21. The molecule has 0 fully saturated rings. The molecule has 17 heavy (non-hydrogen) atoms. The van der Waals surface area contributed by atoms with Crippen molar-refractivity contribution in [3.8, 4) is 0 Å². The number of carbonyl (C=O) groups excluding carboxylic acids is 3. The third-order valence-corrected chi connectivity index (χ3v) is 2.46. The molecule has 7 nitrogen and oxygen atoms in total. The molecule has 3 N–H and O–H groups in total. The highest BCUT2D eigenvalue weighted by Gasteiger charge is 2.37. The molecule has 1 aromatic rings. The van der Waals surface area contributed by atoms with Gasteiger partial charge in [0.15, 0.2) is 6.10 Å². The summed E-state index contributed by atoms with van der Waals surface area (Å²) >= 11 is 0. The summed E-state index contributed by atoms with van der Waals surface area (Å²) in [6.45, 7) is -0.443. The quantitative estimate of drug-likeness (QED) is 0.620. The van der Waals surface area contributed by atoms with Gasteiger partial charge in [-0.15, -0.1) is 0 Å². The predicted molar refractivity (Wildman–Crippen MR) is 54.8 cm³/mol. The Balaban J connectivity index is 2.27. The molecular weight excluding hydrogens is 226 g/mol. The van der Waals surface area contributed by atoms with Gasteiger partial charge in [-0.05, 0) is 6.07 Å². The molecule has 0 aliphatic carbocycles. The van der Waals surface area contributed by atoms with Gasteiger partial charge in [0.05, 0.1) is 17.7 Å². The van der Waals surface area contributed by atoms with Crippen molar-refractivity contribution in [3.63, 3.8) is 0 Å². The first-order valence-electron chi connectivity index (χ1n) is 4.80. The van der Waals surface area contributed by atoms with Gasteiger partial charge in [0, 0.05) is 12.4 Å². The molecule has 0 bridgehead atoms. The van der Waals surface area contributed by atoms with Crippen LogP contribution in [-0.4, -0.2) is 45.4 Å². The molecule has 88 valence electrons. The van der Waals surface area contributed by atoms with Crippen LogP contribution in [0.4, 0.5) is 0 Å². The lowest BCUT2D eigenvalue weighted by Gasteiger charge is -2.15. The molecule has 1 unspecified atom stereocenters. The first kappa shape index (κ1) is 11.2. The molecule has 0 aromatic carbocycles. The van der Waals surface area contributed by atoms with Crippen LogP contribution in [0.1, 0.15) is 20.7 Å². The van der Waals surface area contributed by atoms with Gasteiger partial charge in [-0.1, -0.05) is 0 Å². The summed E-state index contributed by atoms with van der Waals surface area (Å²) in [6.07, 6.45) is 1.09. The molecule has 0 radical (unpaired) electrons. The van der Waals surface area contributed by atoms with Crippen molar-refractivity contribution >= 4 is 17.7 Å².